The smallest absolute Gasteiger partial charge is 0.303 e. The zero-order valence-corrected chi connectivity index (χ0v) is 11.9. The maximum absolute atomic E-state index is 10.6. The van der Waals surface area contributed by atoms with Crippen LogP contribution in [0.5, 0.6) is 0 Å². The molecule has 0 aliphatic heterocycles. The van der Waals surface area contributed by atoms with E-state index in [-0.39, 0.29) is 6.42 Å². The molecule has 0 bridgehead atoms. The first-order valence-electron chi connectivity index (χ1n) is 6.76. The summed E-state index contributed by atoms with van der Waals surface area (Å²) in [5, 5.41) is 8.71. The number of benzene rings is 1. The first-order chi connectivity index (χ1) is 8.41. The van der Waals surface area contributed by atoms with Gasteiger partial charge in [-0.05, 0) is 41.4 Å². The molecule has 100 valence electrons. The van der Waals surface area contributed by atoms with Gasteiger partial charge < -0.3 is 5.11 Å². The van der Waals surface area contributed by atoms with Gasteiger partial charge in [0, 0.05) is 6.42 Å². The Kier molecular flexibility index (Phi) is 5.39. The Balaban J connectivity index is 2.89. The molecule has 0 amide bonds. The average Bonchev–Trinajstić information content (AvgIpc) is 2.27. The molecule has 0 saturated carbocycles. The lowest BCUT2D eigenvalue weighted by atomic mass is 9.90. The standard InChI is InChI=1S/C16H24O2/c1-11(2)13-8-9-15(12(3)4)14(10-13)6-5-7-16(17)18/h8-12H,5-7H2,1-4H3,(H,17,18). The van der Waals surface area contributed by atoms with Crippen molar-refractivity contribution < 1.29 is 9.90 Å². The van der Waals surface area contributed by atoms with Gasteiger partial charge >= 0.3 is 5.97 Å². The molecule has 0 aliphatic carbocycles. The Morgan fingerprint density at radius 2 is 1.83 bits per heavy atom. The number of carbonyl (C=O) groups is 1. The highest BCUT2D eigenvalue weighted by Crippen LogP contribution is 2.25. The molecule has 0 fully saturated rings. The normalized spacial score (nSPS) is 11.2. The minimum atomic E-state index is -0.707. The molecule has 18 heavy (non-hydrogen) atoms. The Bertz CT molecular complexity index is 406. The van der Waals surface area contributed by atoms with E-state index in [9.17, 15) is 4.79 Å². The molecule has 0 radical (unpaired) electrons. The number of carboxylic acids is 1. The van der Waals surface area contributed by atoms with Crippen molar-refractivity contribution >= 4 is 5.97 Å². The third-order valence-corrected chi connectivity index (χ3v) is 3.29. The predicted octanol–water partition coefficient (Wildman–Crippen LogP) is 4.34. The number of carboxylic acid groups (broad SMARTS) is 1. The first-order valence-corrected chi connectivity index (χ1v) is 6.76. The summed E-state index contributed by atoms with van der Waals surface area (Å²) in [5.41, 5.74) is 4.01. The van der Waals surface area contributed by atoms with E-state index in [1.807, 2.05) is 0 Å². The molecule has 0 spiro atoms. The number of rotatable bonds is 6. The molecule has 2 heteroatoms. The summed E-state index contributed by atoms with van der Waals surface area (Å²) < 4.78 is 0. The lowest BCUT2D eigenvalue weighted by Gasteiger charge is -2.16. The summed E-state index contributed by atoms with van der Waals surface area (Å²) in [6.07, 6.45) is 1.83. The molecule has 0 unspecified atom stereocenters. The van der Waals surface area contributed by atoms with E-state index in [0.29, 0.717) is 11.8 Å². The molecule has 0 atom stereocenters. The SMILES string of the molecule is CC(C)c1ccc(C(C)C)c(CCCC(=O)O)c1. The third kappa shape index (κ3) is 4.17. The van der Waals surface area contributed by atoms with Crippen molar-refractivity contribution in [3.63, 3.8) is 0 Å². The van der Waals surface area contributed by atoms with Gasteiger partial charge in [0.25, 0.3) is 0 Å². The number of hydrogen-bond acceptors (Lipinski definition) is 1. The van der Waals surface area contributed by atoms with Gasteiger partial charge in [-0.1, -0.05) is 45.9 Å². The van der Waals surface area contributed by atoms with Gasteiger partial charge in [-0.25, -0.2) is 0 Å². The van der Waals surface area contributed by atoms with Crippen LogP contribution in [0.2, 0.25) is 0 Å². The largest absolute Gasteiger partial charge is 0.481 e. The minimum absolute atomic E-state index is 0.253. The Hall–Kier alpha value is -1.31. The zero-order chi connectivity index (χ0) is 13.7. The van der Waals surface area contributed by atoms with Crippen LogP contribution in [0.1, 0.15) is 69.1 Å². The quantitative estimate of drug-likeness (QED) is 0.813. The lowest BCUT2D eigenvalue weighted by molar-refractivity contribution is -0.137. The van der Waals surface area contributed by atoms with Crippen molar-refractivity contribution in [3.8, 4) is 0 Å². The van der Waals surface area contributed by atoms with Crippen LogP contribution >= 0.6 is 0 Å². The van der Waals surface area contributed by atoms with Crippen molar-refractivity contribution in [2.75, 3.05) is 0 Å². The van der Waals surface area contributed by atoms with Crippen LogP contribution < -0.4 is 0 Å². The molecule has 1 aromatic rings. The third-order valence-electron chi connectivity index (χ3n) is 3.29. The van der Waals surface area contributed by atoms with Gasteiger partial charge in [0.15, 0.2) is 0 Å². The predicted molar refractivity (Wildman–Crippen MR) is 75.2 cm³/mol. The van der Waals surface area contributed by atoms with Crippen molar-refractivity contribution in [1.82, 2.24) is 0 Å². The van der Waals surface area contributed by atoms with Crippen molar-refractivity contribution in [2.45, 2.75) is 58.8 Å². The molecule has 0 saturated heterocycles. The second-order valence-corrected chi connectivity index (χ2v) is 5.51. The Morgan fingerprint density at radius 1 is 1.17 bits per heavy atom. The fourth-order valence-electron chi connectivity index (χ4n) is 2.19. The second-order valence-electron chi connectivity index (χ2n) is 5.51. The van der Waals surface area contributed by atoms with Crippen molar-refractivity contribution in [2.24, 2.45) is 0 Å². The van der Waals surface area contributed by atoms with Gasteiger partial charge in [0.1, 0.15) is 0 Å². The van der Waals surface area contributed by atoms with Gasteiger partial charge in [0.05, 0.1) is 0 Å². The average molecular weight is 248 g/mol. The second kappa shape index (κ2) is 6.58. The maximum atomic E-state index is 10.6. The monoisotopic (exact) mass is 248 g/mol. The van der Waals surface area contributed by atoms with E-state index < -0.39 is 5.97 Å². The fourth-order valence-corrected chi connectivity index (χ4v) is 2.19. The summed E-state index contributed by atoms with van der Waals surface area (Å²) in [6.45, 7) is 8.74. The van der Waals surface area contributed by atoms with Crippen LogP contribution in [0.3, 0.4) is 0 Å². The maximum Gasteiger partial charge on any atom is 0.303 e. The molecule has 0 aliphatic rings. The molecule has 0 aromatic heterocycles. The van der Waals surface area contributed by atoms with E-state index >= 15 is 0 Å². The molecular weight excluding hydrogens is 224 g/mol. The van der Waals surface area contributed by atoms with E-state index in [0.717, 1.165) is 12.8 Å². The zero-order valence-electron chi connectivity index (χ0n) is 11.9. The molecule has 2 nitrogen and oxygen atoms in total. The summed E-state index contributed by atoms with van der Waals surface area (Å²) in [6, 6.07) is 6.65. The minimum Gasteiger partial charge on any atom is -0.481 e. The highest BCUT2D eigenvalue weighted by molar-refractivity contribution is 5.66. The van der Waals surface area contributed by atoms with E-state index in [4.69, 9.17) is 5.11 Å². The van der Waals surface area contributed by atoms with Crippen LogP contribution in [0.15, 0.2) is 18.2 Å². The summed E-state index contributed by atoms with van der Waals surface area (Å²) in [7, 11) is 0. The molecule has 1 aromatic carbocycles. The fraction of sp³-hybridized carbons (Fsp3) is 0.562. The van der Waals surface area contributed by atoms with E-state index in [1.54, 1.807) is 0 Å². The molecule has 1 rings (SSSR count). The molecular formula is C16H24O2. The van der Waals surface area contributed by atoms with E-state index in [2.05, 4.69) is 45.9 Å². The van der Waals surface area contributed by atoms with Gasteiger partial charge in [0.2, 0.25) is 0 Å². The first kappa shape index (κ1) is 14.7. The number of aliphatic carboxylic acids is 1. The summed E-state index contributed by atoms with van der Waals surface area (Å²) in [4.78, 5) is 10.6. The topological polar surface area (TPSA) is 37.3 Å². The Morgan fingerprint density at radius 3 is 2.33 bits per heavy atom. The number of hydrogen-bond donors (Lipinski definition) is 1. The van der Waals surface area contributed by atoms with Gasteiger partial charge in [-0.15, -0.1) is 0 Å². The van der Waals surface area contributed by atoms with Crippen LogP contribution in [0.4, 0.5) is 0 Å². The van der Waals surface area contributed by atoms with Crippen LogP contribution in [0, 0.1) is 0 Å². The van der Waals surface area contributed by atoms with Gasteiger partial charge in [-0.3, -0.25) is 4.79 Å². The molecule has 1 N–H and O–H groups in total. The van der Waals surface area contributed by atoms with Crippen LogP contribution in [0.25, 0.3) is 0 Å². The van der Waals surface area contributed by atoms with Crippen molar-refractivity contribution in [1.29, 1.82) is 0 Å². The summed E-state index contributed by atoms with van der Waals surface area (Å²) >= 11 is 0. The number of aryl methyl sites for hydroxylation is 1. The summed E-state index contributed by atoms with van der Waals surface area (Å²) in [5.74, 6) is 0.302. The van der Waals surface area contributed by atoms with Crippen molar-refractivity contribution in [3.05, 3.63) is 34.9 Å². The van der Waals surface area contributed by atoms with E-state index in [1.165, 1.54) is 16.7 Å². The highest BCUT2D eigenvalue weighted by Gasteiger charge is 2.10. The Labute approximate surface area is 110 Å². The molecule has 0 heterocycles. The highest BCUT2D eigenvalue weighted by atomic mass is 16.4. The van der Waals surface area contributed by atoms with Crippen LogP contribution in [-0.4, -0.2) is 11.1 Å². The lowest BCUT2D eigenvalue weighted by Crippen LogP contribution is -2.02. The van der Waals surface area contributed by atoms with Crippen LogP contribution in [-0.2, 0) is 11.2 Å². The van der Waals surface area contributed by atoms with Gasteiger partial charge in [-0.2, -0.15) is 0 Å².